The number of hydrogen-bond donors (Lipinski definition) is 0. The molecular formula is C15H21N3. The zero-order chi connectivity index (χ0) is 12.5. The number of para-hydroxylation sites is 2. The predicted octanol–water partition coefficient (Wildman–Crippen LogP) is 2.95. The van der Waals surface area contributed by atoms with Gasteiger partial charge in [-0.15, -0.1) is 0 Å². The van der Waals surface area contributed by atoms with Crippen LogP contribution in [-0.4, -0.2) is 27.0 Å². The van der Waals surface area contributed by atoms with Gasteiger partial charge in [0.15, 0.2) is 0 Å². The Morgan fingerprint density at radius 2 is 2.11 bits per heavy atom. The normalized spacial score (nSPS) is 21.6. The molecule has 0 bridgehead atoms. The maximum absolute atomic E-state index is 4.76. The SMILES string of the molecule is C[C@H]1CCCCN1Cc1nc2ccccc2n1C. The molecular weight excluding hydrogens is 222 g/mol. The Morgan fingerprint density at radius 1 is 1.28 bits per heavy atom. The highest BCUT2D eigenvalue weighted by Crippen LogP contribution is 2.21. The fourth-order valence-corrected chi connectivity index (χ4v) is 2.91. The first-order chi connectivity index (χ1) is 8.75. The molecule has 0 radical (unpaired) electrons. The van der Waals surface area contributed by atoms with Crippen LogP contribution in [0.3, 0.4) is 0 Å². The van der Waals surface area contributed by atoms with Crippen LogP contribution in [0.25, 0.3) is 11.0 Å². The van der Waals surface area contributed by atoms with Gasteiger partial charge in [-0.3, -0.25) is 4.90 Å². The Balaban J connectivity index is 1.88. The monoisotopic (exact) mass is 243 g/mol. The Hall–Kier alpha value is -1.35. The van der Waals surface area contributed by atoms with E-state index in [4.69, 9.17) is 4.98 Å². The zero-order valence-corrected chi connectivity index (χ0v) is 11.3. The minimum atomic E-state index is 0.693. The molecule has 0 spiro atoms. The maximum atomic E-state index is 4.76. The minimum Gasteiger partial charge on any atom is -0.330 e. The van der Waals surface area contributed by atoms with Crippen molar-refractivity contribution in [1.82, 2.24) is 14.5 Å². The number of imidazole rings is 1. The number of fused-ring (bicyclic) bond motifs is 1. The molecule has 0 unspecified atom stereocenters. The Bertz CT molecular complexity index is 544. The third-order valence-corrected chi connectivity index (χ3v) is 4.16. The van der Waals surface area contributed by atoms with Gasteiger partial charge in [0.1, 0.15) is 5.82 Å². The smallest absolute Gasteiger partial charge is 0.123 e. The molecule has 2 heterocycles. The first-order valence-electron chi connectivity index (χ1n) is 6.90. The lowest BCUT2D eigenvalue weighted by atomic mass is 10.0. The fraction of sp³-hybridized carbons (Fsp3) is 0.533. The molecule has 1 aliphatic heterocycles. The number of piperidine rings is 1. The van der Waals surface area contributed by atoms with Gasteiger partial charge in [-0.1, -0.05) is 18.6 Å². The van der Waals surface area contributed by atoms with Crippen molar-refractivity contribution in [2.75, 3.05) is 6.54 Å². The summed E-state index contributed by atoms with van der Waals surface area (Å²) < 4.78 is 2.23. The lowest BCUT2D eigenvalue weighted by molar-refractivity contribution is 0.148. The minimum absolute atomic E-state index is 0.693. The van der Waals surface area contributed by atoms with Gasteiger partial charge < -0.3 is 4.57 Å². The number of aryl methyl sites for hydroxylation is 1. The van der Waals surface area contributed by atoms with E-state index in [1.165, 1.54) is 37.1 Å². The summed E-state index contributed by atoms with van der Waals surface area (Å²) in [5.41, 5.74) is 2.34. The molecule has 0 saturated carbocycles. The predicted molar refractivity (Wildman–Crippen MR) is 74.4 cm³/mol. The molecule has 18 heavy (non-hydrogen) atoms. The van der Waals surface area contributed by atoms with Crippen molar-refractivity contribution >= 4 is 11.0 Å². The van der Waals surface area contributed by atoms with Gasteiger partial charge in [-0.05, 0) is 38.4 Å². The number of benzene rings is 1. The summed E-state index contributed by atoms with van der Waals surface area (Å²) >= 11 is 0. The molecule has 0 amide bonds. The van der Waals surface area contributed by atoms with Crippen molar-refractivity contribution in [3.8, 4) is 0 Å². The average Bonchev–Trinajstić information content (AvgIpc) is 2.70. The lowest BCUT2D eigenvalue weighted by Gasteiger charge is -2.32. The van der Waals surface area contributed by atoms with E-state index < -0.39 is 0 Å². The van der Waals surface area contributed by atoms with Gasteiger partial charge in [0, 0.05) is 13.1 Å². The summed E-state index contributed by atoms with van der Waals surface area (Å²) in [4.78, 5) is 7.32. The fourth-order valence-electron chi connectivity index (χ4n) is 2.91. The first-order valence-corrected chi connectivity index (χ1v) is 6.90. The van der Waals surface area contributed by atoms with Crippen molar-refractivity contribution in [1.29, 1.82) is 0 Å². The van der Waals surface area contributed by atoms with Gasteiger partial charge in [0.2, 0.25) is 0 Å². The molecule has 3 nitrogen and oxygen atoms in total. The Morgan fingerprint density at radius 3 is 2.89 bits per heavy atom. The molecule has 96 valence electrons. The summed E-state index contributed by atoms with van der Waals surface area (Å²) in [6.07, 6.45) is 4.03. The van der Waals surface area contributed by atoms with Gasteiger partial charge >= 0.3 is 0 Å². The third-order valence-electron chi connectivity index (χ3n) is 4.16. The van der Waals surface area contributed by atoms with Crippen LogP contribution in [0.2, 0.25) is 0 Å². The summed E-state index contributed by atoms with van der Waals surface area (Å²) in [5.74, 6) is 1.19. The molecule has 3 rings (SSSR count). The number of rotatable bonds is 2. The van der Waals surface area contributed by atoms with Gasteiger partial charge in [-0.25, -0.2) is 4.98 Å². The van der Waals surface area contributed by atoms with E-state index in [9.17, 15) is 0 Å². The molecule has 2 aromatic rings. The van der Waals surface area contributed by atoms with Crippen LogP contribution in [0.4, 0.5) is 0 Å². The van der Waals surface area contributed by atoms with E-state index in [0.29, 0.717) is 6.04 Å². The standard InChI is InChI=1S/C15H21N3/c1-12-7-5-6-10-18(12)11-15-16-13-8-3-4-9-14(13)17(15)2/h3-4,8-9,12H,5-7,10-11H2,1-2H3/t12-/m0/s1. The van der Waals surface area contributed by atoms with E-state index in [2.05, 4.69) is 47.7 Å². The average molecular weight is 243 g/mol. The van der Waals surface area contributed by atoms with E-state index in [1.807, 2.05) is 0 Å². The molecule has 1 aromatic heterocycles. The van der Waals surface area contributed by atoms with Gasteiger partial charge in [0.05, 0.1) is 17.6 Å². The molecule has 1 aromatic carbocycles. The number of hydrogen-bond acceptors (Lipinski definition) is 2. The van der Waals surface area contributed by atoms with Crippen molar-refractivity contribution in [3.63, 3.8) is 0 Å². The van der Waals surface area contributed by atoms with Crippen LogP contribution in [0.15, 0.2) is 24.3 Å². The lowest BCUT2D eigenvalue weighted by Crippen LogP contribution is -2.37. The number of nitrogens with zero attached hydrogens (tertiary/aromatic N) is 3. The van der Waals surface area contributed by atoms with E-state index in [0.717, 1.165) is 12.1 Å². The number of likely N-dealkylation sites (tertiary alicyclic amines) is 1. The molecule has 0 aliphatic carbocycles. The van der Waals surface area contributed by atoms with E-state index >= 15 is 0 Å². The van der Waals surface area contributed by atoms with Crippen LogP contribution in [0.1, 0.15) is 32.0 Å². The highest BCUT2D eigenvalue weighted by Gasteiger charge is 2.20. The molecule has 0 N–H and O–H groups in total. The van der Waals surface area contributed by atoms with Crippen molar-refractivity contribution in [3.05, 3.63) is 30.1 Å². The van der Waals surface area contributed by atoms with Crippen LogP contribution >= 0.6 is 0 Å². The summed E-state index contributed by atoms with van der Waals surface area (Å²) in [5, 5.41) is 0. The first kappa shape index (κ1) is 11.7. The number of aromatic nitrogens is 2. The quantitative estimate of drug-likeness (QED) is 0.808. The highest BCUT2D eigenvalue weighted by molar-refractivity contribution is 5.75. The molecule has 1 saturated heterocycles. The Labute approximate surface area is 108 Å². The summed E-state index contributed by atoms with van der Waals surface area (Å²) in [6.45, 7) is 4.53. The van der Waals surface area contributed by atoms with Crippen molar-refractivity contribution in [2.24, 2.45) is 7.05 Å². The Kier molecular flexibility index (Phi) is 3.08. The molecule has 3 heteroatoms. The second-order valence-corrected chi connectivity index (χ2v) is 5.39. The zero-order valence-electron chi connectivity index (χ0n) is 11.3. The third kappa shape index (κ3) is 2.03. The summed E-state index contributed by atoms with van der Waals surface area (Å²) in [7, 11) is 2.12. The van der Waals surface area contributed by atoms with Crippen molar-refractivity contribution < 1.29 is 0 Å². The summed E-state index contributed by atoms with van der Waals surface area (Å²) in [6, 6.07) is 9.07. The molecule has 1 atom stereocenters. The van der Waals surface area contributed by atoms with Crippen LogP contribution < -0.4 is 0 Å². The van der Waals surface area contributed by atoms with Gasteiger partial charge in [0.25, 0.3) is 0 Å². The van der Waals surface area contributed by atoms with Crippen LogP contribution in [-0.2, 0) is 13.6 Å². The maximum Gasteiger partial charge on any atom is 0.123 e. The van der Waals surface area contributed by atoms with E-state index in [-0.39, 0.29) is 0 Å². The second kappa shape index (κ2) is 4.73. The van der Waals surface area contributed by atoms with Crippen molar-refractivity contribution in [2.45, 2.75) is 38.8 Å². The topological polar surface area (TPSA) is 21.1 Å². The highest BCUT2D eigenvalue weighted by atomic mass is 15.2. The largest absolute Gasteiger partial charge is 0.330 e. The van der Waals surface area contributed by atoms with E-state index in [1.54, 1.807) is 0 Å². The molecule has 1 aliphatic rings. The van der Waals surface area contributed by atoms with Crippen LogP contribution in [0, 0.1) is 0 Å². The van der Waals surface area contributed by atoms with Gasteiger partial charge in [-0.2, -0.15) is 0 Å². The van der Waals surface area contributed by atoms with Crippen LogP contribution in [0.5, 0.6) is 0 Å². The second-order valence-electron chi connectivity index (χ2n) is 5.39. The molecule has 1 fully saturated rings.